The number of nitrogens with zero attached hydrogens (tertiary/aromatic N) is 5. The molecule has 0 bridgehead atoms. The molecule has 4 heterocycles. The fraction of sp³-hybridized carbons (Fsp3) is 0.438. The molecule has 0 aliphatic carbocycles. The number of aliphatic hydroxyl groups excluding tert-OH is 1. The van der Waals surface area contributed by atoms with Gasteiger partial charge in [-0.05, 0) is 37.1 Å². The standard InChI is InChI=1S/C32H39N7O4/c1-42-28-21-25(39-12-8-26(40)9-13-39)6-5-22(28)20-29-36-27-7-10-33-30(27)31(37-29)35-24-4-2-3-23(19-24)32(41)34-11-14-38-15-17-43-18-16-38/h2-6,10,19,21,26,40H,7-9,11-18,20H2,1H3,(H,34,41)(H,35,36,37). The maximum absolute atomic E-state index is 12.9. The van der Waals surface area contributed by atoms with Gasteiger partial charge in [0.15, 0.2) is 5.82 Å². The Kier molecular flexibility index (Phi) is 9.11. The highest BCUT2D eigenvalue weighted by Crippen LogP contribution is 2.34. The Bertz CT molecular complexity index is 1470. The number of nitrogens with one attached hydrogen (secondary N) is 2. The Hall–Kier alpha value is -4.06. The largest absolute Gasteiger partial charge is 0.496 e. The van der Waals surface area contributed by atoms with Crippen molar-refractivity contribution in [3.05, 3.63) is 65.1 Å². The first kappa shape index (κ1) is 29.0. The first-order valence-corrected chi connectivity index (χ1v) is 15.0. The molecule has 226 valence electrons. The average Bonchev–Trinajstić information content (AvgIpc) is 3.51. The molecule has 0 spiro atoms. The molecule has 3 N–H and O–H groups in total. The van der Waals surface area contributed by atoms with E-state index in [1.807, 2.05) is 30.5 Å². The molecule has 2 aromatic carbocycles. The van der Waals surface area contributed by atoms with Gasteiger partial charge >= 0.3 is 0 Å². The molecule has 0 radical (unpaired) electrons. The van der Waals surface area contributed by atoms with E-state index in [9.17, 15) is 9.90 Å². The summed E-state index contributed by atoms with van der Waals surface area (Å²) in [5.74, 6) is 1.95. The third kappa shape index (κ3) is 7.12. The number of hydrogen-bond acceptors (Lipinski definition) is 10. The zero-order chi connectivity index (χ0) is 29.6. The molecule has 11 nitrogen and oxygen atoms in total. The molecule has 2 fully saturated rings. The number of methoxy groups -OCH3 is 1. The number of morpholine rings is 1. The van der Waals surface area contributed by atoms with Gasteiger partial charge in [0.2, 0.25) is 0 Å². The van der Waals surface area contributed by atoms with Gasteiger partial charge in [-0.2, -0.15) is 0 Å². The molecule has 6 rings (SSSR count). The van der Waals surface area contributed by atoms with Gasteiger partial charge in [-0.1, -0.05) is 12.1 Å². The van der Waals surface area contributed by atoms with Gasteiger partial charge in [0.25, 0.3) is 5.91 Å². The van der Waals surface area contributed by atoms with E-state index in [-0.39, 0.29) is 12.0 Å². The summed E-state index contributed by atoms with van der Waals surface area (Å²) in [6.07, 6.45) is 4.31. The molecule has 0 atom stereocenters. The summed E-state index contributed by atoms with van der Waals surface area (Å²) in [7, 11) is 1.68. The second-order valence-corrected chi connectivity index (χ2v) is 11.1. The van der Waals surface area contributed by atoms with E-state index in [0.717, 1.165) is 92.8 Å². The van der Waals surface area contributed by atoms with Gasteiger partial charge in [0.05, 0.1) is 32.1 Å². The fourth-order valence-electron chi connectivity index (χ4n) is 5.72. The summed E-state index contributed by atoms with van der Waals surface area (Å²) in [5.41, 5.74) is 5.00. The van der Waals surface area contributed by atoms with Gasteiger partial charge in [-0.25, -0.2) is 9.97 Å². The third-order valence-electron chi connectivity index (χ3n) is 8.16. The monoisotopic (exact) mass is 585 g/mol. The van der Waals surface area contributed by atoms with E-state index in [1.165, 1.54) is 0 Å². The lowest BCUT2D eigenvalue weighted by molar-refractivity contribution is 0.0383. The number of aliphatic imine (C=N–C) groups is 1. The van der Waals surface area contributed by atoms with Crippen LogP contribution in [0.4, 0.5) is 22.9 Å². The van der Waals surface area contributed by atoms with Crippen LogP contribution in [-0.2, 0) is 17.6 Å². The molecule has 3 aromatic rings. The Labute approximate surface area is 252 Å². The number of ether oxygens (including phenoxy) is 2. The number of aromatic nitrogens is 2. The maximum atomic E-state index is 12.9. The second kappa shape index (κ2) is 13.5. The number of anilines is 3. The number of hydrogen-bond donors (Lipinski definition) is 3. The van der Waals surface area contributed by atoms with Crippen molar-refractivity contribution in [3.8, 4) is 5.75 Å². The molecule has 1 aromatic heterocycles. The highest BCUT2D eigenvalue weighted by molar-refractivity contribution is 5.95. The first-order chi connectivity index (χ1) is 21.1. The summed E-state index contributed by atoms with van der Waals surface area (Å²) in [6, 6.07) is 13.6. The Morgan fingerprint density at radius 1 is 1.09 bits per heavy atom. The summed E-state index contributed by atoms with van der Waals surface area (Å²) in [4.78, 5) is 31.7. The van der Waals surface area contributed by atoms with E-state index >= 15 is 0 Å². The third-order valence-corrected chi connectivity index (χ3v) is 8.16. The highest BCUT2D eigenvalue weighted by atomic mass is 16.5. The van der Waals surface area contributed by atoms with Crippen LogP contribution in [0.15, 0.2) is 47.5 Å². The summed E-state index contributed by atoms with van der Waals surface area (Å²) in [5, 5.41) is 16.3. The SMILES string of the molecule is COc1cc(N2CCC(O)CC2)ccc1Cc1nc2c(c(Nc3cccc(C(=O)NCCN4CCOCC4)c3)n1)N=CC2. The van der Waals surface area contributed by atoms with Crippen molar-refractivity contribution in [1.82, 2.24) is 20.2 Å². The smallest absolute Gasteiger partial charge is 0.251 e. The van der Waals surface area contributed by atoms with E-state index in [4.69, 9.17) is 19.4 Å². The van der Waals surface area contributed by atoms with E-state index < -0.39 is 0 Å². The Morgan fingerprint density at radius 2 is 1.93 bits per heavy atom. The zero-order valence-electron chi connectivity index (χ0n) is 24.6. The number of fused-ring (bicyclic) bond motifs is 1. The van der Waals surface area contributed by atoms with Crippen LogP contribution < -0.4 is 20.3 Å². The quantitative estimate of drug-likeness (QED) is 0.329. The molecular weight excluding hydrogens is 546 g/mol. The zero-order valence-corrected chi connectivity index (χ0v) is 24.6. The minimum absolute atomic E-state index is 0.111. The van der Waals surface area contributed by atoms with E-state index in [0.29, 0.717) is 36.6 Å². The lowest BCUT2D eigenvalue weighted by atomic mass is 10.1. The molecule has 3 aliphatic heterocycles. The van der Waals surface area contributed by atoms with Crippen LogP contribution in [0.3, 0.4) is 0 Å². The Balaban J connectivity index is 1.15. The molecular formula is C32H39N7O4. The van der Waals surface area contributed by atoms with Gasteiger partial charge < -0.3 is 30.1 Å². The van der Waals surface area contributed by atoms with Crippen molar-refractivity contribution in [1.29, 1.82) is 0 Å². The fourth-order valence-corrected chi connectivity index (χ4v) is 5.72. The van der Waals surface area contributed by atoms with Crippen LogP contribution in [0, 0.1) is 0 Å². The van der Waals surface area contributed by atoms with Crippen molar-refractivity contribution in [2.75, 3.05) is 69.8 Å². The second-order valence-electron chi connectivity index (χ2n) is 11.1. The highest BCUT2D eigenvalue weighted by Gasteiger charge is 2.21. The normalized spacial score (nSPS) is 17.1. The van der Waals surface area contributed by atoms with Crippen LogP contribution in [-0.4, -0.2) is 97.8 Å². The van der Waals surface area contributed by atoms with Crippen LogP contribution in [0.5, 0.6) is 5.75 Å². The van der Waals surface area contributed by atoms with Gasteiger partial charge in [0, 0.05) is 86.9 Å². The number of rotatable bonds is 10. The van der Waals surface area contributed by atoms with Crippen molar-refractivity contribution in [2.24, 2.45) is 4.99 Å². The van der Waals surface area contributed by atoms with Crippen LogP contribution >= 0.6 is 0 Å². The average molecular weight is 586 g/mol. The lowest BCUT2D eigenvalue weighted by Gasteiger charge is -2.31. The summed E-state index contributed by atoms with van der Waals surface area (Å²) >= 11 is 0. The minimum atomic E-state index is -0.216. The van der Waals surface area contributed by atoms with Gasteiger partial charge in [-0.15, -0.1) is 0 Å². The molecule has 0 saturated carbocycles. The van der Waals surface area contributed by atoms with Crippen molar-refractivity contribution in [3.63, 3.8) is 0 Å². The first-order valence-electron chi connectivity index (χ1n) is 15.0. The predicted molar refractivity (Wildman–Crippen MR) is 166 cm³/mol. The van der Waals surface area contributed by atoms with Crippen molar-refractivity contribution < 1.29 is 19.4 Å². The minimum Gasteiger partial charge on any atom is -0.496 e. The van der Waals surface area contributed by atoms with Crippen molar-refractivity contribution in [2.45, 2.75) is 31.8 Å². The van der Waals surface area contributed by atoms with Crippen LogP contribution in [0.2, 0.25) is 0 Å². The number of carbonyl (C=O) groups is 1. The number of amides is 1. The van der Waals surface area contributed by atoms with Gasteiger partial charge in [-0.3, -0.25) is 14.7 Å². The van der Waals surface area contributed by atoms with Crippen LogP contribution in [0.1, 0.15) is 40.3 Å². The summed E-state index contributed by atoms with van der Waals surface area (Å²) in [6.45, 7) is 6.30. The number of benzene rings is 2. The van der Waals surface area contributed by atoms with E-state index in [2.05, 4.69) is 43.6 Å². The number of carbonyl (C=O) groups excluding carboxylic acids is 1. The summed E-state index contributed by atoms with van der Waals surface area (Å²) < 4.78 is 11.2. The maximum Gasteiger partial charge on any atom is 0.251 e. The van der Waals surface area contributed by atoms with E-state index in [1.54, 1.807) is 7.11 Å². The molecule has 3 aliphatic rings. The molecule has 0 unspecified atom stereocenters. The number of piperidine rings is 1. The molecule has 43 heavy (non-hydrogen) atoms. The number of aliphatic hydroxyl groups is 1. The lowest BCUT2D eigenvalue weighted by Crippen LogP contribution is -2.41. The van der Waals surface area contributed by atoms with Crippen LogP contribution in [0.25, 0.3) is 0 Å². The van der Waals surface area contributed by atoms with Crippen molar-refractivity contribution >= 4 is 35.0 Å². The predicted octanol–water partition coefficient (Wildman–Crippen LogP) is 3.10. The molecule has 11 heteroatoms. The topological polar surface area (TPSA) is 124 Å². The van der Waals surface area contributed by atoms with Gasteiger partial charge in [0.1, 0.15) is 17.3 Å². The molecule has 1 amide bonds. The molecule has 2 saturated heterocycles. The Morgan fingerprint density at radius 3 is 2.74 bits per heavy atom.